The summed E-state index contributed by atoms with van der Waals surface area (Å²) in [6.07, 6.45) is -0.556. The van der Waals surface area contributed by atoms with E-state index in [0.29, 0.717) is 25.4 Å². The fraction of sp³-hybridized carbons (Fsp3) is 0.457. The number of nitrogens with zero attached hydrogens (tertiary/aromatic N) is 3. The third-order valence-corrected chi connectivity index (χ3v) is 10.7. The van der Waals surface area contributed by atoms with Gasteiger partial charge in [-0.05, 0) is 67.3 Å². The van der Waals surface area contributed by atoms with E-state index >= 15 is 0 Å². The maximum Gasteiger partial charge on any atom is 0.243 e. The molecule has 0 bridgehead atoms. The molecule has 4 atom stereocenters. The van der Waals surface area contributed by atoms with E-state index < -0.39 is 28.3 Å². The number of sulfonamides is 1. The number of hydrogen-bond acceptors (Lipinski definition) is 9. The number of aliphatic hydroxyl groups excluding tert-OH is 1. The molecule has 0 radical (unpaired) electrons. The molecule has 0 aliphatic carbocycles. The Morgan fingerprint density at radius 2 is 1.85 bits per heavy atom. The zero-order valence-corrected chi connectivity index (χ0v) is 27.5. The van der Waals surface area contributed by atoms with Gasteiger partial charge < -0.3 is 29.0 Å². The van der Waals surface area contributed by atoms with E-state index in [1.54, 1.807) is 38.5 Å². The number of aryl methyl sites for hydroxylation is 1. The normalized spacial score (nSPS) is 20.8. The van der Waals surface area contributed by atoms with E-state index in [-0.39, 0.29) is 30.4 Å². The summed E-state index contributed by atoms with van der Waals surface area (Å²) in [6.45, 7) is 5.15. The van der Waals surface area contributed by atoms with Crippen molar-refractivity contribution in [1.29, 1.82) is 5.26 Å². The lowest BCUT2D eigenvalue weighted by molar-refractivity contribution is -0.0242. The highest BCUT2D eigenvalue weighted by Gasteiger charge is 2.43. The second-order valence-electron chi connectivity index (χ2n) is 11.9. The van der Waals surface area contributed by atoms with Crippen molar-refractivity contribution >= 4 is 15.7 Å². The summed E-state index contributed by atoms with van der Waals surface area (Å²) in [6, 6.07) is 21.7. The first-order valence-electron chi connectivity index (χ1n) is 15.6. The molecule has 2 heterocycles. The Morgan fingerprint density at radius 1 is 1.09 bits per heavy atom. The van der Waals surface area contributed by atoms with Gasteiger partial charge >= 0.3 is 0 Å². The number of rotatable bonds is 13. The summed E-state index contributed by atoms with van der Waals surface area (Å²) >= 11 is 0. The van der Waals surface area contributed by atoms with Crippen LogP contribution in [-0.4, -0.2) is 83.1 Å². The van der Waals surface area contributed by atoms with Gasteiger partial charge in [0.25, 0.3) is 0 Å². The molecule has 1 N–H and O–H groups in total. The summed E-state index contributed by atoms with van der Waals surface area (Å²) in [7, 11) is -0.654. The highest BCUT2D eigenvalue weighted by atomic mass is 32.2. The highest BCUT2D eigenvalue weighted by Crippen LogP contribution is 2.39. The summed E-state index contributed by atoms with van der Waals surface area (Å²) in [5, 5.41) is 19.8. The minimum Gasteiger partial charge on any atom is -0.497 e. The molecule has 246 valence electrons. The Morgan fingerprint density at radius 3 is 2.54 bits per heavy atom. The van der Waals surface area contributed by atoms with E-state index in [9.17, 15) is 18.8 Å². The molecule has 2 aliphatic rings. The van der Waals surface area contributed by atoms with Gasteiger partial charge in [-0.3, -0.25) is 0 Å². The molecular formula is C35H43N3O7S. The van der Waals surface area contributed by atoms with Crippen LogP contribution in [0.1, 0.15) is 41.9 Å². The SMILES string of the molecule is COCCCN1CCOc2ccc(CO[C@H]3CN(S(=O)(=O)c4ccc(C)cc4)[C@@H](C[C@H](O)C#N)C[C@@H]3c3ccc(OC)cc3)cc21. The van der Waals surface area contributed by atoms with Gasteiger partial charge in [0.2, 0.25) is 10.0 Å². The van der Waals surface area contributed by atoms with Crippen LogP contribution in [0.3, 0.4) is 0 Å². The van der Waals surface area contributed by atoms with E-state index in [0.717, 1.165) is 47.6 Å². The van der Waals surface area contributed by atoms with Gasteiger partial charge in [-0.25, -0.2) is 8.42 Å². The fourth-order valence-corrected chi connectivity index (χ4v) is 7.95. The molecule has 3 aromatic carbocycles. The number of methoxy groups -OCH3 is 2. The van der Waals surface area contributed by atoms with Gasteiger partial charge in [0.15, 0.2) is 0 Å². The average molecular weight is 650 g/mol. The van der Waals surface area contributed by atoms with Crippen molar-refractivity contribution < 1.29 is 32.5 Å². The first-order valence-corrected chi connectivity index (χ1v) is 17.1. The van der Waals surface area contributed by atoms with Crippen molar-refractivity contribution in [3.05, 3.63) is 83.4 Å². The molecule has 10 nitrogen and oxygen atoms in total. The molecule has 0 aromatic heterocycles. The number of ether oxygens (including phenoxy) is 4. The van der Waals surface area contributed by atoms with E-state index in [2.05, 4.69) is 11.0 Å². The predicted molar refractivity (Wildman–Crippen MR) is 175 cm³/mol. The molecule has 1 saturated heterocycles. The zero-order chi connectivity index (χ0) is 32.7. The number of anilines is 1. The lowest BCUT2D eigenvalue weighted by Gasteiger charge is -2.43. The van der Waals surface area contributed by atoms with Crippen LogP contribution in [-0.2, 0) is 26.1 Å². The molecule has 0 amide bonds. The molecule has 0 saturated carbocycles. The van der Waals surface area contributed by atoms with Gasteiger partial charge in [-0.1, -0.05) is 35.9 Å². The van der Waals surface area contributed by atoms with Gasteiger partial charge in [-0.2, -0.15) is 9.57 Å². The Balaban J connectivity index is 1.45. The smallest absolute Gasteiger partial charge is 0.243 e. The minimum absolute atomic E-state index is 0.00923. The molecule has 0 unspecified atom stereocenters. The molecule has 0 spiro atoms. The molecule has 46 heavy (non-hydrogen) atoms. The summed E-state index contributed by atoms with van der Waals surface area (Å²) in [5.41, 5.74) is 3.87. The van der Waals surface area contributed by atoms with Crippen molar-refractivity contribution in [2.75, 3.05) is 52.0 Å². The summed E-state index contributed by atoms with van der Waals surface area (Å²) in [4.78, 5) is 2.46. The number of piperidine rings is 1. The Labute approximate surface area is 272 Å². The minimum atomic E-state index is -3.97. The lowest BCUT2D eigenvalue weighted by Crippen LogP contribution is -2.53. The summed E-state index contributed by atoms with van der Waals surface area (Å²) < 4.78 is 52.8. The van der Waals surface area contributed by atoms with Crippen molar-refractivity contribution in [1.82, 2.24) is 4.31 Å². The van der Waals surface area contributed by atoms with Gasteiger partial charge in [0.1, 0.15) is 24.2 Å². The van der Waals surface area contributed by atoms with Crippen molar-refractivity contribution in [2.24, 2.45) is 0 Å². The number of hydrogen-bond donors (Lipinski definition) is 1. The third kappa shape index (κ3) is 7.82. The van der Waals surface area contributed by atoms with Crippen LogP contribution in [0.4, 0.5) is 5.69 Å². The molecule has 1 fully saturated rings. The number of fused-ring (bicyclic) bond motifs is 1. The largest absolute Gasteiger partial charge is 0.497 e. The fourth-order valence-electron chi connectivity index (χ4n) is 6.29. The van der Waals surface area contributed by atoms with Gasteiger partial charge in [0, 0.05) is 45.2 Å². The Bertz CT molecular complexity index is 1590. The standard InChI is InChI=1S/C35H43N3O7S/c1-25-5-12-31(13-6-25)46(40,41)38-23-35(32(21-28(38)20-29(39)22-36)27-8-10-30(43-3)11-9-27)45-24-26-7-14-34-33(19-26)37(16-18-44-34)15-4-17-42-2/h5-14,19,28-29,32,35,39H,4,15-18,20-21,23-24H2,1-3H3/t28-,29-,32+,35-/m0/s1. The van der Waals surface area contributed by atoms with Crippen LogP contribution < -0.4 is 14.4 Å². The molecule has 5 rings (SSSR count). The predicted octanol–water partition coefficient (Wildman–Crippen LogP) is 4.65. The Kier molecular flexibility index (Phi) is 11.2. The first-order chi connectivity index (χ1) is 22.2. The molecule has 3 aromatic rings. The van der Waals surface area contributed by atoms with Crippen LogP contribution in [0.2, 0.25) is 0 Å². The van der Waals surface area contributed by atoms with Crippen LogP contribution in [0.25, 0.3) is 0 Å². The second kappa shape index (κ2) is 15.3. The first kappa shape index (κ1) is 33.7. The number of nitriles is 1. The number of benzene rings is 3. The monoisotopic (exact) mass is 649 g/mol. The highest BCUT2D eigenvalue weighted by molar-refractivity contribution is 7.89. The molecule has 11 heteroatoms. The topological polar surface area (TPSA) is 122 Å². The van der Waals surface area contributed by atoms with Crippen molar-refractivity contribution in [3.63, 3.8) is 0 Å². The number of aliphatic hydroxyl groups is 1. The average Bonchev–Trinajstić information content (AvgIpc) is 3.07. The van der Waals surface area contributed by atoms with E-state index in [1.807, 2.05) is 49.4 Å². The van der Waals surface area contributed by atoms with E-state index in [4.69, 9.17) is 18.9 Å². The van der Waals surface area contributed by atoms with Crippen molar-refractivity contribution in [3.8, 4) is 17.6 Å². The van der Waals surface area contributed by atoms with Crippen molar-refractivity contribution in [2.45, 2.75) is 61.9 Å². The van der Waals surface area contributed by atoms with Crippen LogP contribution in [0.5, 0.6) is 11.5 Å². The Hall–Kier alpha value is -3.66. The quantitative estimate of drug-likeness (QED) is 0.208. The van der Waals surface area contributed by atoms with Gasteiger partial charge in [-0.15, -0.1) is 0 Å². The zero-order valence-electron chi connectivity index (χ0n) is 26.7. The molecule has 2 aliphatic heterocycles. The van der Waals surface area contributed by atoms with E-state index in [1.165, 1.54) is 4.31 Å². The van der Waals surface area contributed by atoms with Gasteiger partial charge in [0.05, 0.1) is 43.0 Å². The van der Waals surface area contributed by atoms with Crippen LogP contribution in [0, 0.1) is 18.3 Å². The van der Waals surface area contributed by atoms with Crippen LogP contribution >= 0.6 is 0 Å². The second-order valence-corrected chi connectivity index (χ2v) is 13.8. The third-order valence-electron chi connectivity index (χ3n) is 8.78. The maximum atomic E-state index is 14.1. The summed E-state index contributed by atoms with van der Waals surface area (Å²) in [5.74, 6) is 1.34. The maximum absolute atomic E-state index is 14.1. The lowest BCUT2D eigenvalue weighted by atomic mass is 9.82. The molecular weight excluding hydrogens is 606 g/mol. The van der Waals surface area contributed by atoms with Crippen LogP contribution in [0.15, 0.2) is 71.6 Å².